The normalized spacial score (nSPS) is 12.3. The molecule has 0 aliphatic heterocycles. The number of carboxylic acids is 1. The molecule has 0 saturated heterocycles. The molecule has 1 heterocycles. The van der Waals surface area contributed by atoms with E-state index >= 15 is 0 Å². The van der Waals surface area contributed by atoms with Crippen molar-refractivity contribution in [2.75, 3.05) is 13.7 Å². The highest BCUT2D eigenvalue weighted by atomic mass is 32.2. The molecule has 0 spiro atoms. The Hall–Kier alpha value is -3.48. The predicted molar refractivity (Wildman–Crippen MR) is 139 cm³/mol. The Morgan fingerprint density at radius 3 is 2.39 bits per heavy atom. The summed E-state index contributed by atoms with van der Waals surface area (Å²) in [6, 6.07) is 10.1. The van der Waals surface area contributed by atoms with Gasteiger partial charge < -0.3 is 19.1 Å². The summed E-state index contributed by atoms with van der Waals surface area (Å²) in [7, 11) is -2.53. The number of aliphatic carboxylic acids is 1. The average Bonchev–Trinajstić information content (AvgIpc) is 3.08. The van der Waals surface area contributed by atoms with E-state index in [0.717, 1.165) is 28.7 Å². The number of aromatic nitrogens is 1. The van der Waals surface area contributed by atoms with Crippen LogP contribution in [0.5, 0.6) is 11.5 Å². The molecule has 192 valence electrons. The van der Waals surface area contributed by atoms with Crippen molar-refractivity contribution in [3.05, 3.63) is 53.7 Å². The van der Waals surface area contributed by atoms with E-state index in [-0.39, 0.29) is 17.9 Å². The molecule has 9 heteroatoms. The number of carboxylic acid groups (broad SMARTS) is 1. The highest BCUT2D eigenvalue weighted by molar-refractivity contribution is 7.89. The molecular formula is C27H32N2O6S. The van der Waals surface area contributed by atoms with E-state index in [1.165, 1.54) is 24.3 Å². The number of sulfonamides is 1. The molecule has 36 heavy (non-hydrogen) atoms. The molecule has 8 nitrogen and oxygen atoms in total. The summed E-state index contributed by atoms with van der Waals surface area (Å²) in [5.74, 6) is 5.69. The lowest BCUT2D eigenvalue weighted by Gasteiger charge is -2.16. The maximum Gasteiger partial charge on any atom is 0.322 e. The highest BCUT2D eigenvalue weighted by Crippen LogP contribution is 2.31. The lowest BCUT2D eigenvalue weighted by molar-refractivity contribution is -0.138. The van der Waals surface area contributed by atoms with Crippen LogP contribution < -0.4 is 14.2 Å². The number of nitrogens with zero attached hydrogens (tertiary/aromatic N) is 1. The smallest absolute Gasteiger partial charge is 0.322 e. The Morgan fingerprint density at radius 2 is 1.81 bits per heavy atom. The number of carbonyl (C=O) groups is 1. The summed E-state index contributed by atoms with van der Waals surface area (Å²) in [4.78, 5) is 12.1. The number of rotatable bonds is 11. The van der Waals surface area contributed by atoms with Gasteiger partial charge in [-0.05, 0) is 67.8 Å². The Morgan fingerprint density at radius 1 is 1.14 bits per heavy atom. The average molecular weight is 513 g/mol. The fourth-order valence-electron chi connectivity index (χ4n) is 4.06. The van der Waals surface area contributed by atoms with Crippen molar-refractivity contribution in [1.82, 2.24) is 9.29 Å². The molecule has 0 bridgehead atoms. The van der Waals surface area contributed by atoms with Gasteiger partial charge in [0, 0.05) is 29.6 Å². The third kappa shape index (κ3) is 6.20. The lowest BCUT2D eigenvalue weighted by Crippen LogP contribution is -2.42. The molecule has 0 fully saturated rings. The van der Waals surface area contributed by atoms with Gasteiger partial charge in [0.2, 0.25) is 10.0 Å². The summed E-state index contributed by atoms with van der Waals surface area (Å²) in [6.07, 6.45) is -0.0218. The molecule has 0 radical (unpaired) electrons. The van der Waals surface area contributed by atoms with Crippen LogP contribution in [0.25, 0.3) is 10.9 Å². The Bertz CT molecular complexity index is 1400. The first-order chi connectivity index (χ1) is 17.1. The third-order valence-corrected chi connectivity index (χ3v) is 7.32. The fourth-order valence-corrected chi connectivity index (χ4v) is 5.25. The monoisotopic (exact) mass is 512 g/mol. The summed E-state index contributed by atoms with van der Waals surface area (Å²) in [5, 5.41) is 10.8. The van der Waals surface area contributed by atoms with Crippen molar-refractivity contribution in [2.24, 2.45) is 5.92 Å². The van der Waals surface area contributed by atoms with Crippen molar-refractivity contribution in [2.45, 2.75) is 51.6 Å². The molecule has 1 aromatic heterocycles. The molecule has 0 aliphatic carbocycles. The number of hydrogen-bond acceptors (Lipinski definition) is 5. The van der Waals surface area contributed by atoms with Crippen LogP contribution >= 0.6 is 0 Å². The van der Waals surface area contributed by atoms with Gasteiger partial charge in [-0.15, -0.1) is 5.92 Å². The van der Waals surface area contributed by atoms with Crippen LogP contribution in [0.1, 0.15) is 32.0 Å². The van der Waals surface area contributed by atoms with E-state index in [1.54, 1.807) is 14.0 Å². The van der Waals surface area contributed by atoms with Crippen molar-refractivity contribution in [3.63, 3.8) is 0 Å². The van der Waals surface area contributed by atoms with Crippen molar-refractivity contribution in [1.29, 1.82) is 0 Å². The molecule has 3 rings (SSSR count). The SMILES string of the molecule is CC#CCOc1ccc(S(=O)(=O)N[C@@H](Cc2c(C)n(CC(C)C)c3ccc(OC)cc23)C(=O)O)cc1. The van der Waals surface area contributed by atoms with Crippen LogP contribution in [0.2, 0.25) is 0 Å². The molecule has 0 saturated carbocycles. The van der Waals surface area contributed by atoms with Crippen LogP contribution in [-0.4, -0.2) is 43.8 Å². The van der Waals surface area contributed by atoms with E-state index in [2.05, 4.69) is 35.0 Å². The minimum absolute atomic E-state index is 0.0218. The maximum absolute atomic E-state index is 13.0. The second-order valence-electron chi connectivity index (χ2n) is 8.85. The minimum atomic E-state index is -4.10. The first kappa shape index (κ1) is 27.1. The summed E-state index contributed by atoms with van der Waals surface area (Å²) < 4.78 is 41.4. The van der Waals surface area contributed by atoms with Crippen LogP contribution in [0.4, 0.5) is 0 Å². The zero-order valence-electron chi connectivity index (χ0n) is 21.2. The van der Waals surface area contributed by atoms with Gasteiger partial charge in [0.05, 0.1) is 12.0 Å². The number of ether oxygens (including phenoxy) is 2. The van der Waals surface area contributed by atoms with Gasteiger partial charge in [-0.3, -0.25) is 4.79 Å². The first-order valence-corrected chi connectivity index (χ1v) is 13.1. The standard InChI is InChI=1S/C27H32N2O6S/c1-6-7-14-35-20-8-11-22(12-9-20)36(32,33)28-25(27(30)31)16-23-19(4)29(17-18(2)3)26-13-10-21(34-5)15-24(23)26/h8-13,15,18,25,28H,14,16-17H2,1-5H3,(H,30,31)/t25-/m0/s1. The van der Waals surface area contributed by atoms with Gasteiger partial charge in [-0.2, -0.15) is 4.72 Å². The zero-order valence-corrected chi connectivity index (χ0v) is 22.0. The molecule has 2 N–H and O–H groups in total. The van der Waals surface area contributed by atoms with E-state index in [0.29, 0.717) is 17.4 Å². The van der Waals surface area contributed by atoms with E-state index < -0.39 is 22.0 Å². The van der Waals surface area contributed by atoms with E-state index in [4.69, 9.17) is 9.47 Å². The van der Waals surface area contributed by atoms with Crippen LogP contribution in [0, 0.1) is 24.7 Å². The Kier molecular flexibility index (Phi) is 8.66. The number of fused-ring (bicyclic) bond motifs is 1. The third-order valence-electron chi connectivity index (χ3n) is 5.83. The zero-order chi connectivity index (χ0) is 26.5. The molecule has 3 aromatic rings. The number of hydrogen-bond donors (Lipinski definition) is 2. The Labute approximate surface area is 212 Å². The first-order valence-electron chi connectivity index (χ1n) is 11.6. The lowest BCUT2D eigenvalue weighted by atomic mass is 10.0. The molecule has 0 aliphatic rings. The van der Waals surface area contributed by atoms with E-state index in [1.807, 2.05) is 25.1 Å². The van der Waals surface area contributed by atoms with Crippen molar-refractivity contribution < 1.29 is 27.8 Å². The second kappa shape index (κ2) is 11.5. The number of nitrogens with one attached hydrogen (secondary N) is 1. The van der Waals surface area contributed by atoms with Crippen molar-refractivity contribution in [3.8, 4) is 23.3 Å². The second-order valence-corrected chi connectivity index (χ2v) is 10.6. The van der Waals surface area contributed by atoms with Gasteiger partial charge in [0.25, 0.3) is 0 Å². The quantitative estimate of drug-likeness (QED) is 0.376. The maximum atomic E-state index is 13.0. The van der Waals surface area contributed by atoms with Gasteiger partial charge in [-0.25, -0.2) is 8.42 Å². The number of benzene rings is 2. The van der Waals surface area contributed by atoms with Gasteiger partial charge in [0.1, 0.15) is 24.1 Å². The van der Waals surface area contributed by atoms with Crippen LogP contribution in [0.3, 0.4) is 0 Å². The summed E-state index contributed by atoms with van der Waals surface area (Å²) >= 11 is 0. The summed E-state index contributed by atoms with van der Waals surface area (Å²) in [5.41, 5.74) is 2.61. The van der Waals surface area contributed by atoms with Crippen LogP contribution in [-0.2, 0) is 27.8 Å². The van der Waals surface area contributed by atoms with Gasteiger partial charge >= 0.3 is 5.97 Å². The predicted octanol–water partition coefficient (Wildman–Crippen LogP) is 3.99. The molecular weight excluding hydrogens is 480 g/mol. The number of methoxy groups -OCH3 is 1. The molecule has 1 atom stereocenters. The largest absolute Gasteiger partial charge is 0.497 e. The Balaban J connectivity index is 1.93. The van der Waals surface area contributed by atoms with Crippen LogP contribution in [0.15, 0.2) is 47.4 Å². The minimum Gasteiger partial charge on any atom is -0.497 e. The molecule has 0 amide bonds. The fraction of sp³-hybridized carbons (Fsp3) is 0.370. The van der Waals surface area contributed by atoms with Gasteiger partial charge in [0.15, 0.2) is 0 Å². The summed E-state index contributed by atoms with van der Waals surface area (Å²) in [6.45, 7) is 8.78. The molecule has 0 unspecified atom stereocenters. The molecule has 2 aromatic carbocycles. The topological polar surface area (TPSA) is 107 Å². The van der Waals surface area contributed by atoms with E-state index in [9.17, 15) is 18.3 Å². The van der Waals surface area contributed by atoms with Crippen molar-refractivity contribution >= 4 is 26.9 Å². The highest BCUT2D eigenvalue weighted by Gasteiger charge is 2.28. The van der Waals surface area contributed by atoms with Gasteiger partial charge in [-0.1, -0.05) is 19.8 Å².